The molecule has 0 saturated heterocycles. The normalized spacial score (nSPS) is 12.1. The van der Waals surface area contributed by atoms with Gasteiger partial charge in [-0.1, -0.05) is 66.0 Å². The van der Waals surface area contributed by atoms with Crippen molar-refractivity contribution in [2.45, 2.75) is 37.8 Å². The number of nitrogens with zero attached hydrogens (tertiary/aromatic N) is 2. The molecule has 0 bridgehead atoms. The highest BCUT2D eigenvalue weighted by molar-refractivity contribution is 7.92. The van der Waals surface area contributed by atoms with Crippen molar-refractivity contribution in [3.8, 4) is 0 Å². The van der Waals surface area contributed by atoms with Crippen molar-refractivity contribution < 1.29 is 22.4 Å². The van der Waals surface area contributed by atoms with E-state index in [9.17, 15) is 22.4 Å². The summed E-state index contributed by atoms with van der Waals surface area (Å²) in [5.74, 6) is -1.95. The third kappa shape index (κ3) is 6.64. The van der Waals surface area contributed by atoms with Crippen LogP contribution in [0.5, 0.6) is 0 Å². The van der Waals surface area contributed by atoms with Crippen LogP contribution in [0.15, 0.2) is 71.6 Å². The second-order valence-electron chi connectivity index (χ2n) is 8.58. The summed E-state index contributed by atoms with van der Waals surface area (Å²) in [6, 6.07) is 15.2. The van der Waals surface area contributed by atoms with Crippen LogP contribution in [-0.4, -0.2) is 44.8 Å². The number of amides is 2. The molecule has 0 aliphatic rings. The highest BCUT2D eigenvalue weighted by atomic mass is 35.5. The highest BCUT2D eigenvalue weighted by Gasteiger charge is 2.34. The number of hydrogen-bond donors (Lipinski definition) is 1. The van der Waals surface area contributed by atoms with Crippen LogP contribution in [0, 0.1) is 12.7 Å². The van der Waals surface area contributed by atoms with Gasteiger partial charge in [0.2, 0.25) is 11.8 Å². The topological polar surface area (TPSA) is 86.8 Å². The maximum Gasteiger partial charge on any atom is 0.264 e. The lowest BCUT2D eigenvalue weighted by Crippen LogP contribution is -2.51. The Kier molecular flexibility index (Phi) is 9.76. The van der Waals surface area contributed by atoms with Crippen LogP contribution in [0.1, 0.15) is 24.5 Å². The lowest BCUT2D eigenvalue weighted by molar-refractivity contribution is -0.140. The molecule has 38 heavy (non-hydrogen) atoms. The van der Waals surface area contributed by atoms with Crippen LogP contribution in [0.4, 0.5) is 10.1 Å². The van der Waals surface area contributed by atoms with Gasteiger partial charge in [0.15, 0.2) is 0 Å². The molecule has 3 aromatic carbocycles. The molecule has 3 rings (SSSR count). The van der Waals surface area contributed by atoms with Crippen LogP contribution in [0.2, 0.25) is 10.0 Å². The predicted octanol–water partition coefficient (Wildman–Crippen LogP) is 5.19. The van der Waals surface area contributed by atoms with Gasteiger partial charge in [-0.3, -0.25) is 13.9 Å². The zero-order chi connectivity index (χ0) is 28.0. The minimum absolute atomic E-state index is 0.0582. The van der Waals surface area contributed by atoms with Gasteiger partial charge in [-0.25, -0.2) is 12.8 Å². The minimum atomic E-state index is -4.36. The number of para-hydroxylation sites is 1. The number of hydrogen-bond acceptors (Lipinski definition) is 4. The summed E-state index contributed by atoms with van der Waals surface area (Å²) in [4.78, 5) is 27.7. The maximum absolute atomic E-state index is 14.9. The zero-order valence-electron chi connectivity index (χ0n) is 21.1. The summed E-state index contributed by atoms with van der Waals surface area (Å²) < 4.78 is 43.0. The molecule has 2 amide bonds. The van der Waals surface area contributed by atoms with Crippen LogP contribution in [0.3, 0.4) is 0 Å². The van der Waals surface area contributed by atoms with E-state index in [1.54, 1.807) is 44.2 Å². The molecule has 7 nitrogen and oxygen atoms in total. The van der Waals surface area contributed by atoms with E-state index in [1.807, 2.05) is 0 Å². The van der Waals surface area contributed by atoms with Crippen molar-refractivity contribution in [3.63, 3.8) is 0 Å². The molecule has 11 heteroatoms. The predicted molar refractivity (Wildman–Crippen MR) is 147 cm³/mol. The number of benzene rings is 3. The Labute approximate surface area is 232 Å². The molecule has 0 fully saturated rings. The monoisotopic (exact) mass is 579 g/mol. The maximum atomic E-state index is 14.9. The summed E-state index contributed by atoms with van der Waals surface area (Å²) in [5.41, 5.74) is 1.12. The number of aryl methyl sites for hydroxylation is 1. The van der Waals surface area contributed by atoms with Gasteiger partial charge in [-0.15, -0.1) is 0 Å². The number of rotatable bonds is 10. The molecule has 202 valence electrons. The molecule has 0 radical (unpaired) electrons. The molecule has 1 atom stereocenters. The van der Waals surface area contributed by atoms with Crippen molar-refractivity contribution in [2.75, 3.05) is 17.9 Å². The van der Waals surface area contributed by atoms with Gasteiger partial charge in [0.05, 0.1) is 20.6 Å². The number of carbonyl (C=O) groups is 2. The lowest BCUT2D eigenvalue weighted by atomic mass is 10.1. The van der Waals surface area contributed by atoms with Gasteiger partial charge >= 0.3 is 0 Å². The van der Waals surface area contributed by atoms with Crippen molar-refractivity contribution in [1.29, 1.82) is 0 Å². The van der Waals surface area contributed by atoms with Gasteiger partial charge in [0, 0.05) is 13.6 Å². The van der Waals surface area contributed by atoms with E-state index in [-0.39, 0.29) is 28.6 Å². The average molecular weight is 581 g/mol. The Morgan fingerprint density at radius 3 is 2.24 bits per heavy atom. The van der Waals surface area contributed by atoms with Crippen molar-refractivity contribution in [1.82, 2.24) is 10.2 Å². The molecule has 0 spiro atoms. The van der Waals surface area contributed by atoms with E-state index in [4.69, 9.17) is 23.2 Å². The fraction of sp³-hybridized carbons (Fsp3) is 0.259. The van der Waals surface area contributed by atoms with E-state index in [0.717, 1.165) is 15.9 Å². The third-order valence-corrected chi connectivity index (χ3v) is 8.49. The number of anilines is 1. The van der Waals surface area contributed by atoms with Crippen LogP contribution in [-0.2, 0) is 26.2 Å². The molecule has 1 N–H and O–H groups in total. The molecule has 0 aromatic heterocycles. The second kappa shape index (κ2) is 12.6. The molecule has 0 heterocycles. The largest absolute Gasteiger partial charge is 0.357 e. The number of carbonyl (C=O) groups excluding carboxylic acids is 2. The van der Waals surface area contributed by atoms with Gasteiger partial charge < -0.3 is 10.2 Å². The lowest BCUT2D eigenvalue weighted by Gasteiger charge is -2.33. The number of sulfonamides is 1. The summed E-state index contributed by atoms with van der Waals surface area (Å²) in [5, 5.41) is 3.13. The fourth-order valence-corrected chi connectivity index (χ4v) is 5.67. The number of nitrogens with one attached hydrogen (secondary N) is 1. The van der Waals surface area contributed by atoms with Crippen LogP contribution >= 0.6 is 23.2 Å². The van der Waals surface area contributed by atoms with Crippen molar-refractivity contribution >= 4 is 50.7 Å². The summed E-state index contributed by atoms with van der Waals surface area (Å²) in [6.07, 6.45) is 0.247. The number of likely N-dealkylation sites (N-methyl/N-ethyl adjacent to an activating group) is 1. The fourth-order valence-electron chi connectivity index (χ4n) is 3.93. The SMILES string of the molecule is CCC(C(=O)NC)N(Cc1ccc(Cl)c(Cl)c1)C(=O)CN(c1ccccc1F)S(=O)(=O)c1ccc(C)cc1. The van der Waals surface area contributed by atoms with Gasteiger partial charge in [-0.05, 0) is 55.3 Å². The van der Waals surface area contributed by atoms with E-state index < -0.39 is 40.2 Å². The van der Waals surface area contributed by atoms with Gasteiger partial charge in [0.25, 0.3) is 10.0 Å². The Hall–Kier alpha value is -3.14. The standard InChI is InChI=1S/C27H28Cl2FN3O4S/c1-4-24(27(35)31-3)32(16-19-11-14-21(28)22(29)15-19)26(34)17-33(25-8-6-5-7-23(25)30)38(36,37)20-12-9-18(2)10-13-20/h5-15,24H,4,16-17H2,1-3H3,(H,31,35). The average Bonchev–Trinajstić information content (AvgIpc) is 2.89. The molecule has 0 aliphatic heterocycles. The van der Waals surface area contributed by atoms with E-state index in [0.29, 0.717) is 10.6 Å². The number of halogens is 3. The molecule has 3 aromatic rings. The van der Waals surface area contributed by atoms with Crippen molar-refractivity contribution in [2.24, 2.45) is 0 Å². The Bertz CT molecular complexity index is 1420. The Morgan fingerprint density at radius 1 is 1.00 bits per heavy atom. The molecule has 1 unspecified atom stereocenters. The van der Waals surface area contributed by atoms with Gasteiger partial charge in [0.1, 0.15) is 18.4 Å². The first-order valence-electron chi connectivity index (χ1n) is 11.8. The Morgan fingerprint density at radius 2 is 1.66 bits per heavy atom. The minimum Gasteiger partial charge on any atom is -0.357 e. The van der Waals surface area contributed by atoms with Gasteiger partial charge in [-0.2, -0.15) is 0 Å². The molecule has 0 aliphatic carbocycles. The molecule has 0 saturated carbocycles. The molecular formula is C27H28Cl2FN3O4S. The smallest absolute Gasteiger partial charge is 0.264 e. The van der Waals surface area contributed by atoms with E-state index in [2.05, 4.69) is 5.32 Å². The third-order valence-electron chi connectivity index (χ3n) is 5.98. The second-order valence-corrected chi connectivity index (χ2v) is 11.3. The first-order chi connectivity index (χ1) is 18.0. The first-order valence-corrected chi connectivity index (χ1v) is 14.0. The zero-order valence-corrected chi connectivity index (χ0v) is 23.4. The summed E-state index contributed by atoms with van der Waals surface area (Å²) >= 11 is 12.2. The van der Waals surface area contributed by atoms with E-state index >= 15 is 0 Å². The van der Waals surface area contributed by atoms with Crippen LogP contribution < -0.4 is 9.62 Å². The van der Waals surface area contributed by atoms with Crippen molar-refractivity contribution in [3.05, 3.63) is 93.7 Å². The van der Waals surface area contributed by atoms with E-state index in [1.165, 1.54) is 42.3 Å². The highest BCUT2D eigenvalue weighted by Crippen LogP contribution is 2.28. The summed E-state index contributed by atoms with van der Waals surface area (Å²) in [6.45, 7) is 2.73. The van der Waals surface area contributed by atoms with Crippen LogP contribution in [0.25, 0.3) is 0 Å². The molecular weight excluding hydrogens is 552 g/mol. The first kappa shape index (κ1) is 29.4. The summed E-state index contributed by atoms with van der Waals surface area (Å²) in [7, 11) is -2.91. The quantitative estimate of drug-likeness (QED) is 0.358. The Balaban J connectivity index is 2.08.